The highest BCUT2D eigenvalue weighted by molar-refractivity contribution is 5.95. The fourth-order valence-electron chi connectivity index (χ4n) is 1.77. The molecule has 0 bridgehead atoms. The first-order valence-electron chi connectivity index (χ1n) is 5.88. The molecule has 0 fully saturated rings. The topological polar surface area (TPSA) is 85.2 Å². The number of carbonyl (C=O) groups excluding carboxylic acids is 2. The smallest absolute Gasteiger partial charge is 0.343 e. The highest BCUT2D eigenvalue weighted by Gasteiger charge is 2.25. The maximum absolute atomic E-state index is 11.9. The van der Waals surface area contributed by atoms with Crippen molar-refractivity contribution in [1.29, 1.82) is 5.26 Å². The van der Waals surface area contributed by atoms with Gasteiger partial charge in [0, 0.05) is 12.4 Å². The van der Waals surface area contributed by atoms with Crippen molar-refractivity contribution >= 4 is 11.8 Å². The van der Waals surface area contributed by atoms with Gasteiger partial charge in [0.05, 0.1) is 0 Å². The van der Waals surface area contributed by atoms with Crippen molar-refractivity contribution < 1.29 is 18.7 Å². The first-order chi connectivity index (χ1) is 9.54. The van der Waals surface area contributed by atoms with Gasteiger partial charge in [0.2, 0.25) is 5.88 Å². The van der Waals surface area contributed by atoms with E-state index in [9.17, 15) is 14.9 Å². The lowest BCUT2D eigenvalue weighted by atomic mass is 10.1. The average molecular weight is 272 g/mol. The normalized spacial score (nSPS) is 10.1. The SMILES string of the molecule is CC(=O)COC(=O)c1c(C)oc(-n2cccc2)c1C#N. The summed E-state index contributed by atoms with van der Waals surface area (Å²) in [5.41, 5.74) is 0.143. The summed E-state index contributed by atoms with van der Waals surface area (Å²) in [6.07, 6.45) is 3.40. The van der Waals surface area contributed by atoms with Gasteiger partial charge in [0.15, 0.2) is 5.78 Å². The number of furan rings is 1. The predicted octanol–water partition coefficient (Wildman–Crippen LogP) is 2.00. The largest absolute Gasteiger partial charge is 0.454 e. The zero-order chi connectivity index (χ0) is 14.7. The van der Waals surface area contributed by atoms with E-state index in [1.54, 1.807) is 36.0 Å². The van der Waals surface area contributed by atoms with Gasteiger partial charge >= 0.3 is 5.97 Å². The molecule has 0 aliphatic rings. The summed E-state index contributed by atoms with van der Waals surface area (Å²) in [4.78, 5) is 22.8. The van der Waals surface area contributed by atoms with Crippen molar-refractivity contribution in [2.45, 2.75) is 13.8 Å². The van der Waals surface area contributed by atoms with Gasteiger partial charge in [-0.15, -0.1) is 0 Å². The maximum atomic E-state index is 11.9. The highest BCUT2D eigenvalue weighted by Crippen LogP contribution is 2.26. The molecular formula is C14H12N2O4. The van der Waals surface area contributed by atoms with Crippen LogP contribution in [0.4, 0.5) is 0 Å². The maximum Gasteiger partial charge on any atom is 0.343 e. The summed E-state index contributed by atoms with van der Waals surface area (Å²) in [7, 11) is 0. The second kappa shape index (κ2) is 5.45. The number of carbonyl (C=O) groups is 2. The van der Waals surface area contributed by atoms with Gasteiger partial charge in [-0.3, -0.25) is 9.36 Å². The molecule has 0 saturated carbocycles. The van der Waals surface area contributed by atoms with E-state index >= 15 is 0 Å². The van der Waals surface area contributed by atoms with Crippen LogP contribution in [0, 0.1) is 18.3 Å². The van der Waals surface area contributed by atoms with Crippen LogP contribution >= 0.6 is 0 Å². The van der Waals surface area contributed by atoms with Crippen LogP contribution < -0.4 is 0 Å². The number of esters is 1. The van der Waals surface area contributed by atoms with Crippen LogP contribution in [0.3, 0.4) is 0 Å². The number of hydrogen-bond donors (Lipinski definition) is 0. The Morgan fingerprint density at radius 1 is 1.40 bits per heavy atom. The van der Waals surface area contributed by atoms with Gasteiger partial charge in [-0.25, -0.2) is 4.79 Å². The summed E-state index contributed by atoms with van der Waals surface area (Å²) in [5, 5.41) is 9.24. The molecule has 0 unspecified atom stereocenters. The molecule has 0 aliphatic heterocycles. The van der Waals surface area contributed by atoms with E-state index in [0.717, 1.165) is 0 Å². The molecule has 102 valence electrons. The minimum atomic E-state index is -0.739. The Labute approximate surface area is 115 Å². The quantitative estimate of drug-likeness (QED) is 0.794. The third kappa shape index (κ3) is 2.47. The summed E-state index contributed by atoms with van der Waals surface area (Å²) < 4.78 is 11.9. The summed E-state index contributed by atoms with van der Waals surface area (Å²) >= 11 is 0. The Balaban J connectivity index is 2.42. The van der Waals surface area contributed by atoms with Crippen LogP contribution in [-0.4, -0.2) is 22.9 Å². The first kappa shape index (κ1) is 13.6. The van der Waals surface area contributed by atoms with E-state index in [2.05, 4.69) is 0 Å². The average Bonchev–Trinajstić information content (AvgIpc) is 3.02. The standard InChI is InChI=1S/C14H12N2O4/c1-9(17)8-19-14(18)12-10(2)20-13(11(12)7-15)16-5-3-4-6-16/h3-6H,8H2,1-2H3. The number of nitrogens with zero attached hydrogens (tertiary/aromatic N) is 2. The number of Topliss-reactive ketones (excluding diaryl/α,β-unsaturated/α-hetero) is 1. The molecule has 0 amide bonds. The number of nitriles is 1. The number of ether oxygens (including phenoxy) is 1. The number of aryl methyl sites for hydroxylation is 1. The van der Waals surface area contributed by atoms with Gasteiger partial charge in [-0.1, -0.05) is 0 Å². The van der Waals surface area contributed by atoms with Crippen LogP contribution in [0.15, 0.2) is 28.9 Å². The van der Waals surface area contributed by atoms with Crippen molar-refractivity contribution in [2.24, 2.45) is 0 Å². The number of rotatable bonds is 4. The van der Waals surface area contributed by atoms with Crippen molar-refractivity contribution in [2.75, 3.05) is 6.61 Å². The second-order valence-corrected chi connectivity index (χ2v) is 4.19. The monoisotopic (exact) mass is 272 g/mol. The van der Waals surface area contributed by atoms with Crippen LogP contribution in [0.1, 0.15) is 28.6 Å². The molecule has 2 aromatic rings. The number of aromatic nitrogens is 1. The Hall–Kier alpha value is -2.81. The van der Waals surface area contributed by atoms with Gasteiger partial charge in [0.1, 0.15) is 29.6 Å². The van der Waals surface area contributed by atoms with Gasteiger partial charge < -0.3 is 9.15 Å². The van der Waals surface area contributed by atoms with Crippen LogP contribution in [0.2, 0.25) is 0 Å². The lowest BCUT2D eigenvalue weighted by Gasteiger charge is -2.01. The molecule has 0 saturated heterocycles. The zero-order valence-electron chi connectivity index (χ0n) is 11.0. The molecule has 6 heteroatoms. The molecule has 0 aliphatic carbocycles. The third-order valence-electron chi connectivity index (χ3n) is 2.63. The highest BCUT2D eigenvalue weighted by atomic mass is 16.5. The molecule has 0 N–H and O–H groups in total. The van der Waals surface area contributed by atoms with E-state index in [1.165, 1.54) is 6.92 Å². The molecule has 0 aromatic carbocycles. The Morgan fingerprint density at radius 3 is 2.60 bits per heavy atom. The molecule has 20 heavy (non-hydrogen) atoms. The molecule has 2 aromatic heterocycles. The third-order valence-corrected chi connectivity index (χ3v) is 2.63. The minimum absolute atomic E-state index is 0.0532. The van der Waals surface area contributed by atoms with Gasteiger partial charge in [-0.05, 0) is 26.0 Å². The zero-order valence-corrected chi connectivity index (χ0v) is 11.0. The summed E-state index contributed by atoms with van der Waals surface area (Å²) in [6.45, 7) is 2.55. The van der Waals surface area contributed by atoms with E-state index in [0.29, 0.717) is 0 Å². The Bertz CT molecular complexity index is 690. The van der Waals surface area contributed by atoms with E-state index in [-0.39, 0.29) is 35.2 Å². The minimum Gasteiger partial charge on any atom is -0.454 e. The van der Waals surface area contributed by atoms with E-state index in [1.807, 2.05) is 6.07 Å². The Morgan fingerprint density at radius 2 is 2.05 bits per heavy atom. The molecular weight excluding hydrogens is 260 g/mol. The molecule has 2 heterocycles. The molecule has 0 radical (unpaired) electrons. The van der Waals surface area contributed by atoms with Crippen molar-refractivity contribution in [1.82, 2.24) is 4.57 Å². The van der Waals surface area contributed by atoms with Crippen LogP contribution in [0.25, 0.3) is 5.88 Å². The van der Waals surface area contributed by atoms with E-state index < -0.39 is 5.97 Å². The molecule has 0 spiro atoms. The van der Waals surface area contributed by atoms with Crippen LogP contribution in [-0.2, 0) is 9.53 Å². The lowest BCUT2D eigenvalue weighted by Crippen LogP contribution is -2.12. The second-order valence-electron chi connectivity index (χ2n) is 4.19. The molecule has 0 atom stereocenters. The van der Waals surface area contributed by atoms with E-state index in [4.69, 9.17) is 9.15 Å². The summed E-state index contributed by atoms with van der Waals surface area (Å²) in [6, 6.07) is 5.48. The fraction of sp³-hybridized carbons (Fsp3) is 0.214. The lowest BCUT2D eigenvalue weighted by molar-refractivity contribution is -0.120. The number of ketones is 1. The molecule has 6 nitrogen and oxygen atoms in total. The van der Waals surface area contributed by atoms with Gasteiger partial charge in [0.25, 0.3) is 0 Å². The summed E-state index contributed by atoms with van der Waals surface area (Å²) in [5.74, 6) is -0.483. The fourth-order valence-corrected chi connectivity index (χ4v) is 1.77. The predicted molar refractivity (Wildman–Crippen MR) is 68.5 cm³/mol. The van der Waals surface area contributed by atoms with Crippen molar-refractivity contribution in [3.05, 3.63) is 41.4 Å². The Kier molecular flexibility index (Phi) is 3.71. The van der Waals surface area contributed by atoms with Gasteiger partial charge in [-0.2, -0.15) is 5.26 Å². The van der Waals surface area contributed by atoms with Crippen LogP contribution in [0.5, 0.6) is 0 Å². The van der Waals surface area contributed by atoms with Crippen molar-refractivity contribution in [3.63, 3.8) is 0 Å². The molecule has 2 rings (SSSR count). The first-order valence-corrected chi connectivity index (χ1v) is 5.88. The van der Waals surface area contributed by atoms with Crippen molar-refractivity contribution in [3.8, 4) is 12.0 Å². The number of hydrogen-bond acceptors (Lipinski definition) is 5.